The Morgan fingerprint density at radius 1 is 1.52 bits per heavy atom. The van der Waals surface area contributed by atoms with Crippen molar-refractivity contribution in [2.45, 2.75) is 25.8 Å². The van der Waals surface area contributed by atoms with Crippen molar-refractivity contribution in [2.75, 3.05) is 6.61 Å². The number of hydrazone groups is 1. The highest BCUT2D eigenvalue weighted by atomic mass is 19.1. The fraction of sp³-hybridized carbons (Fsp3) is 0.357. The first kappa shape index (κ1) is 15.0. The highest BCUT2D eigenvalue weighted by Crippen LogP contribution is 2.34. The van der Waals surface area contributed by atoms with Gasteiger partial charge in [-0.05, 0) is 19.4 Å². The van der Waals surface area contributed by atoms with Gasteiger partial charge in [0.05, 0.1) is 12.6 Å². The van der Waals surface area contributed by atoms with Crippen LogP contribution in [0.4, 0.5) is 4.39 Å². The first-order valence-electron chi connectivity index (χ1n) is 6.62. The van der Waals surface area contributed by atoms with E-state index in [2.05, 4.69) is 5.10 Å². The zero-order valence-corrected chi connectivity index (χ0v) is 11.6. The molecule has 112 valence electrons. The molecule has 1 aromatic carbocycles. The monoisotopic (exact) mass is 293 g/mol. The molecule has 1 aliphatic heterocycles. The van der Waals surface area contributed by atoms with Crippen molar-refractivity contribution in [3.05, 3.63) is 35.6 Å². The summed E-state index contributed by atoms with van der Waals surface area (Å²) in [6, 6.07) is 5.58. The number of halogens is 1. The first-order valence-corrected chi connectivity index (χ1v) is 6.62. The molecule has 1 amide bonds. The van der Waals surface area contributed by atoms with E-state index in [1.807, 2.05) is 0 Å². The number of nitrogens with two attached hydrogens (primary N) is 1. The van der Waals surface area contributed by atoms with E-state index in [4.69, 9.17) is 10.5 Å². The molecule has 1 fully saturated rings. The minimum atomic E-state index is -0.801. The number of amides is 1. The van der Waals surface area contributed by atoms with E-state index in [1.165, 1.54) is 6.07 Å². The lowest BCUT2D eigenvalue weighted by atomic mass is 10.0. The van der Waals surface area contributed by atoms with E-state index in [0.717, 1.165) is 5.01 Å². The number of carbonyl (C=O) groups is 2. The zero-order valence-electron chi connectivity index (χ0n) is 11.6. The molecule has 0 spiro atoms. The summed E-state index contributed by atoms with van der Waals surface area (Å²) < 4.78 is 18.6. The van der Waals surface area contributed by atoms with Crippen molar-refractivity contribution in [3.63, 3.8) is 0 Å². The van der Waals surface area contributed by atoms with Gasteiger partial charge in [-0.25, -0.2) is 14.2 Å². The lowest BCUT2D eigenvalue weighted by molar-refractivity contribution is -0.135. The number of benzene rings is 1. The molecule has 0 aromatic heterocycles. The fourth-order valence-electron chi connectivity index (χ4n) is 2.19. The van der Waals surface area contributed by atoms with Crippen LogP contribution in [-0.4, -0.2) is 29.3 Å². The molecule has 0 saturated carbocycles. The van der Waals surface area contributed by atoms with Crippen LogP contribution in [0.5, 0.6) is 0 Å². The SMILES string of the molecule is CCOC(=O)/C(N)=N/N1C(=O)CCC1c1ccccc1F. The van der Waals surface area contributed by atoms with E-state index in [9.17, 15) is 14.0 Å². The Labute approximate surface area is 121 Å². The van der Waals surface area contributed by atoms with Crippen LogP contribution in [0.3, 0.4) is 0 Å². The largest absolute Gasteiger partial charge is 0.460 e. The first-order chi connectivity index (χ1) is 10.0. The topological polar surface area (TPSA) is 85.0 Å². The predicted octanol–water partition coefficient (Wildman–Crippen LogP) is 1.32. The Kier molecular flexibility index (Phi) is 4.52. The number of carbonyl (C=O) groups excluding carboxylic acids is 2. The Balaban J connectivity index is 2.28. The normalized spacial score (nSPS) is 19.0. The summed E-state index contributed by atoms with van der Waals surface area (Å²) in [7, 11) is 0. The van der Waals surface area contributed by atoms with Gasteiger partial charge in [0.2, 0.25) is 11.7 Å². The van der Waals surface area contributed by atoms with Gasteiger partial charge in [-0.2, -0.15) is 0 Å². The molecule has 2 N–H and O–H groups in total. The van der Waals surface area contributed by atoms with Gasteiger partial charge in [0.25, 0.3) is 0 Å². The smallest absolute Gasteiger partial charge is 0.375 e. The molecular formula is C14H16FN3O3. The Bertz CT molecular complexity index is 589. The second-order valence-corrected chi connectivity index (χ2v) is 4.52. The van der Waals surface area contributed by atoms with E-state index < -0.39 is 23.7 Å². The van der Waals surface area contributed by atoms with Gasteiger partial charge in [0.1, 0.15) is 5.82 Å². The second-order valence-electron chi connectivity index (χ2n) is 4.52. The third-order valence-electron chi connectivity index (χ3n) is 3.15. The van der Waals surface area contributed by atoms with E-state index in [0.29, 0.717) is 12.0 Å². The number of rotatable bonds is 3. The average molecular weight is 293 g/mol. The third kappa shape index (κ3) is 3.18. The van der Waals surface area contributed by atoms with Crippen molar-refractivity contribution < 1.29 is 18.7 Å². The van der Waals surface area contributed by atoms with Crippen LogP contribution in [0.15, 0.2) is 29.4 Å². The highest BCUT2D eigenvalue weighted by Gasteiger charge is 2.34. The Morgan fingerprint density at radius 3 is 2.90 bits per heavy atom. The summed E-state index contributed by atoms with van der Waals surface area (Å²) in [5.74, 6) is -1.96. The molecule has 2 rings (SSSR count). The van der Waals surface area contributed by atoms with Crippen LogP contribution in [0, 0.1) is 5.82 Å². The van der Waals surface area contributed by atoms with Crippen LogP contribution >= 0.6 is 0 Å². The molecule has 6 nitrogen and oxygen atoms in total. The van der Waals surface area contributed by atoms with E-state index in [1.54, 1.807) is 25.1 Å². The Morgan fingerprint density at radius 2 is 2.24 bits per heavy atom. The Hall–Kier alpha value is -2.44. The maximum absolute atomic E-state index is 13.8. The molecule has 7 heteroatoms. The van der Waals surface area contributed by atoms with Crippen molar-refractivity contribution >= 4 is 17.7 Å². The number of esters is 1. The summed E-state index contributed by atoms with van der Waals surface area (Å²) >= 11 is 0. The average Bonchev–Trinajstić information content (AvgIpc) is 2.81. The van der Waals surface area contributed by atoms with Crippen molar-refractivity contribution in [2.24, 2.45) is 10.8 Å². The second kappa shape index (κ2) is 6.34. The molecule has 0 radical (unpaired) electrons. The number of hydrogen-bond donors (Lipinski definition) is 1. The fourth-order valence-corrected chi connectivity index (χ4v) is 2.19. The molecule has 1 heterocycles. The van der Waals surface area contributed by atoms with Gasteiger partial charge in [0.15, 0.2) is 0 Å². The highest BCUT2D eigenvalue weighted by molar-refractivity contribution is 6.34. The van der Waals surface area contributed by atoms with Crippen LogP contribution in [0.1, 0.15) is 31.4 Å². The van der Waals surface area contributed by atoms with E-state index in [-0.39, 0.29) is 18.9 Å². The minimum absolute atomic E-state index is 0.153. The minimum Gasteiger partial charge on any atom is -0.460 e. The molecule has 1 aromatic rings. The van der Waals surface area contributed by atoms with Gasteiger partial charge in [0, 0.05) is 12.0 Å². The van der Waals surface area contributed by atoms with Crippen LogP contribution < -0.4 is 5.73 Å². The summed E-state index contributed by atoms with van der Waals surface area (Å²) in [6.45, 7) is 1.79. The van der Waals surface area contributed by atoms with Crippen LogP contribution in [0.25, 0.3) is 0 Å². The van der Waals surface area contributed by atoms with E-state index >= 15 is 0 Å². The maximum atomic E-state index is 13.8. The third-order valence-corrected chi connectivity index (χ3v) is 3.15. The number of ether oxygens (including phenoxy) is 1. The number of amidine groups is 1. The summed E-state index contributed by atoms with van der Waals surface area (Å²) in [5, 5.41) is 4.87. The molecule has 1 saturated heterocycles. The molecule has 1 aliphatic rings. The zero-order chi connectivity index (χ0) is 15.4. The summed E-state index contributed by atoms with van der Waals surface area (Å²) in [4.78, 5) is 23.3. The molecular weight excluding hydrogens is 277 g/mol. The van der Waals surface area contributed by atoms with Gasteiger partial charge in [-0.1, -0.05) is 18.2 Å². The molecule has 1 unspecified atom stereocenters. The molecule has 1 atom stereocenters. The van der Waals surface area contributed by atoms with Crippen molar-refractivity contribution in [3.8, 4) is 0 Å². The lowest BCUT2D eigenvalue weighted by Gasteiger charge is -2.20. The summed E-state index contributed by atoms with van der Waals surface area (Å²) in [6.07, 6.45) is 0.637. The molecule has 0 aliphatic carbocycles. The number of nitrogens with zero attached hydrogens (tertiary/aromatic N) is 2. The van der Waals surface area contributed by atoms with Gasteiger partial charge < -0.3 is 10.5 Å². The van der Waals surface area contributed by atoms with Crippen molar-refractivity contribution in [1.29, 1.82) is 0 Å². The lowest BCUT2D eigenvalue weighted by Crippen LogP contribution is -2.32. The molecule has 0 bridgehead atoms. The van der Waals surface area contributed by atoms with Gasteiger partial charge in [-0.3, -0.25) is 4.79 Å². The van der Waals surface area contributed by atoms with Gasteiger partial charge >= 0.3 is 5.97 Å². The standard InChI is InChI=1S/C14H16FN3O3/c1-2-21-14(20)13(16)17-18-11(7-8-12(18)19)9-5-3-4-6-10(9)15/h3-6,11H,2,7-8H2,1H3,(H2,16,17). The maximum Gasteiger partial charge on any atom is 0.375 e. The van der Waals surface area contributed by atoms with Crippen LogP contribution in [-0.2, 0) is 14.3 Å². The van der Waals surface area contributed by atoms with Crippen LogP contribution in [0.2, 0.25) is 0 Å². The summed E-state index contributed by atoms with van der Waals surface area (Å²) in [5.41, 5.74) is 5.86. The predicted molar refractivity (Wildman–Crippen MR) is 73.5 cm³/mol. The van der Waals surface area contributed by atoms with Gasteiger partial charge in [-0.15, -0.1) is 5.10 Å². The van der Waals surface area contributed by atoms with Crippen molar-refractivity contribution in [1.82, 2.24) is 5.01 Å². The molecule has 21 heavy (non-hydrogen) atoms. The number of hydrogen-bond acceptors (Lipinski definition) is 4. The quantitative estimate of drug-likeness (QED) is 0.517.